The van der Waals surface area contributed by atoms with Gasteiger partial charge in [-0.15, -0.1) is 0 Å². The molecule has 0 radical (unpaired) electrons. The minimum absolute atomic E-state index is 0.123. The lowest BCUT2D eigenvalue weighted by Gasteiger charge is -2.36. The maximum atomic E-state index is 14.3. The van der Waals surface area contributed by atoms with Crippen molar-refractivity contribution in [1.82, 2.24) is 5.32 Å². The van der Waals surface area contributed by atoms with Crippen molar-refractivity contribution in [3.05, 3.63) is 29.6 Å². The van der Waals surface area contributed by atoms with Gasteiger partial charge < -0.3 is 15.0 Å². The van der Waals surface area contributed by atoms with Crippen molar-refractivity contribution in [3.63, 3.8) is 0 Å². The van der Waals surface area contributed by atoms with E-state index in [-0.39, 0.29) is 11.9 Å². The second-order valence-electron chi connectivity index (χ2n) is 5.60. The van der Waals surface area contributed by atoms with Gasteiger partial charge in [0.15, 0.2) is 0 Å². The molecule has 20 heavy (non-hydrogen) atoms. The molecule has 1 saturated heterocycles. The molecule has 4 heteroatoms. The van der Waals surface area contributed by atoms with Crippen molar-refractivity contribution < 1.29 is 9.13 Å². The molecule has 0 bridgehead atoms. The van der Waals surface area contributed by atoms with E-state index >= 15 is 0 Å². The van der Waals surface area contributed by atoms with Gasteiger partial charge in [-0.2, -0.15) is 0 Å². The van der Waals surface area contributed by atoms with Crippen LogP contribution in [-0.4, -0.2) is 33.9 Å². The molecule has 1 aliphatic heterocycles. The van der Waals surface area contributed by atoms with Crippen LogP contribution in [0, 0.1) is 11.7 Å². The van der Waals surface area contributed by atoms with Gasteiger partial charge in [0.25, 0.3) is 0 Å². The van der Waals surface area contributed by atoms with Gasteiger partial charge in [-0.25, -0.2) is 4.39 Å². The van der Waals surface area contributed by atoms with Crippen molar-refractivity contribution in [2.45, 2.75) is 25.8 Å². The van der Waals surface area contributed by atoms with Crippen molar-refractivity contribution >= 4 is 5.69 Å². The Hall–Kier alpha value is -1.13. The van der Waals surface area contributed by atoms with E-state index in [0.29, 0.717) is 5.92 Å². The Labute approximate surface area is 121 Å². The van der Waals surface area contributed by atoms with Crippen LogP contribution >= 0.6 is 0 Å². The van der Waals surface area contributed by atoms with E-state index < -0.39 is 0 Å². The molecular formula is C16H25FN2O. The first-order valence-electron chi connectivity index (χ1n) is 7.37. The van der Waals surface area contributed by atoms with E-state index in [9.17, 15) is 4.39 Å². The van der Waals surface area contributed by atoms with E-state index in [2.05, 4.69) is 17.1 Å². The Morgan fingerprint density at radius 2 is 2.30 bits per heavy atom. The fourth-order valence-electron chi connectivity index (χ4n) is 3.01. The summed E-state index contributed by atoms with van der Waals surface area (Å²) < 4.78 is 19.6. The average molecular weight is 280 g/mol. The Morgan fingerprint density at radius 3 is 3.00 bits per heavy atom. The normalized spacial score (nSPS) is 21.0. The highest BCUT2D eigenvalue weighted by Crippen LogP contribution is 2.32. The molecule has 1 N–H and O–H groups in total. The Morgan fingerprint density at radius 1 is 1.50 bits per heavy atom. The van der Waals surface area contributed by atoms with E-state index in [4.69, 9.17) is 4.74 Å². The number of rotatable bonds is 5. The van der Waals surface area contributed by atoms with Gasteiger partial charge in [-0.05, 0) is 44.4 Å². The van der Waals surface area contributed by atoms with Gasteiger partial charge >= 0.3 is 0 Å². The van der Waals surface area contributed by atoms with E-state index in [1.54, 1.807) is 19.2 Å². The van der Waals surface area contributed by atoms with Crippen LogP contribution in [0.15, 0.2) is 18.2 Å². The van der Waals surface area contributed by atoms with Crippen LogP contribution in [0.3, 0.4) is 0 Å². The summed E-state index contributed by atoms with van der Waals surface area (Å²) in [4.78, 5) is 2.19. The molecule has 2 rings (SSSR count). The third kappa shape index (κ3) is 3.30. The molecule has 112 valence electrons. The standard InChI is InChI=1S/C16H25FN2O/c1-12(18-2)14-7-4-8-15(17)16(14)19-9-5-6-13(10-19)11-20-3/h4,7-8,12-13,18H,5-6,9-11H2,1-3H3. The number of hydrogen-bond acceptors (Lipinski definition) is 3. The summed E-state index contributed by atoms with van der Waals surface area (Å²) >= 11 is 0. The van der Waals surface area contributed by atoms with E-state index in [0.717, 1.165) is 43.8 Å². The molecule has 0 aromatic heterocycles. The summed E-state index contributed by atoms with van der Waals surface area (Å²) in [6, 6.07) is 5.50. The summed E-state index contributed by atoms with van der Waals surface area (Å²) in [5.41, 5.74) is 1.79. The SMILES string of the molecule is CNC(C)c1cccc(F)c1N1CCCC(COC)C1. The molecule has 1 heterocycles. The second-order valence-corrected chi connectivity index (χ2v) is 5.60. The molecule has 1 fully saturated rings. The molecule has 2 atom stereocenters. The summed E-state index contributed by atoms with van der Waals surface area (Å²) in [5, 5.41) is 3.21. The van der Waals surface area contributed by atoms with Crippen LogP contribution in [0.25, 0.3) is 0 Å². The third-order valence-corrected chi connectivity index (χ3v) is 4.16. The number of hydrogen-bond donors (Lipinski definition) is 1. The number of halogens is 1. The number of anilines is 1. The second kappa shape index (κ2) is 7.04. The number of para-hydroxylation sites is 1. The van der Waals surface area contributed by atoms with Crippen LogP contribution in [0.5, 0.6) is 0 Å². The fourth-order valence-corrected chi connectivity index (χ4v) is 3.01. The number of nitrogens with one attached hydrogen (secondary N) is 1. The molecule has 0 saturated carbocycles. The van der Waals surface area contributed by atoms with Crippen LogP contribution < -0.4 is 10.2 Å². The number of benzene rings is 1. The molecule has 0 spiro atoms. The summed E-state index contributed by atoms with van der Waals surface area (Å²) in [6.07, 6.45) is 2.26. The highest BCUT2D eigenvalue weighted by atomic mass is 19.1. The van der Waals surface area contributed by atoms with Gasteiger partial charge in [0, 0.05) is 26.2 Å². The van der Waals surface area contributed by atoms with Gasteiger partial charge in [-0.1, -0.05) is 12.1 Å². The summed E-state index contributed by atoms with van der Waals surface area (Å²) in [6.45, 7) is 4.61. The number of piperidine rings is 1. The molecule has 1 aromatic rings. The lowest BCUT2D eigenvalue weighted by atomic mass is 9.96. The molecule has 1 aromatic carbocycles. The topological polar surface area (TPSA) is 24.5 Å². The molecule has 3 nitrogen and oxygen atoms in total. The number of ether oxygens (including phenoxy) is 1. The number of methoxy groups -OCH3 is 1. The Kier molecular flexibility index (Phi) is 5.38. The van der Waals surface area contributed by atoms with E-state index in [1.807, 2.05) is 13.1 Å². The van der Waals surface area contributed by atoms with E-state index in [1.165, 1.54) is 0 Å². The summed E-state index contributed by atoms with van der Waals surface area (Å²) in [5.74, 6) is 0.369. The van der Waals surface area contributed by atoms with Crippen LogP contribution in [-0.2, 0) is 4.74 Å². The highest BCUT2D eigenvalue weighted by molar-refractivity contribution is 5.56. The maximum absolute atomic E-state index is 14.3. The molecule has 2 unspecified atom stereocenters. The van der Waals surface area contributed by atoms with Crippen molar-refractivity contribution in [3.8, 4) is 0 Å². The first-order valence-corrected chi connectivity index (χ1v) is 7.37. The third-order valence-electron chi connectivity index (χ3n) is 4.16. The lowest BCUT2D eigenvalue weighted by molar-refractivity contribution is 0.143. The predicted molar refractivity (Wildman–Crippen MR) is 80.7 cm³/mol. The van der Waals surface area contributed by atoms with Gasteiger partial charge in [0.05, 0.1) is 12.3 Å². The molecule has 0 amide bonds. The minimum atomic E-state index is -0.123. The Balaban J connectivity index is 2.26. The zero-order valence-corrected chi connectivity index (χ0v) is 12.7. The van der Waals surface area contributed by atoms with Crippen molar-refractivity contribution in [2.24, 2.45) is 5.92 Å². The largest absolute Gasteiger partial charge is 0.384 e. The van der Waals surface area contributed by atoms with Crippen molar-refractivity contribution in [2.75, 3.05) is 38.8 Å². The van der Waals surface area contributed by atoms with Gasteiger partial charge in [-0.3, -0.25) is 0 Å². The smallest absolute Gasteiger partial charge is 0.146 e. The highest BCUT2D eigenvalue weighted by Gasteiger charge is 2.25. The average Bonchev–Trinajstić information content (AvgIpc) is 2.46. The van der Waals surface area contributed by atoms with Crippen molar-refractivity contribution in [1.29, 1.82) is 0 Å². The van der Waals surface area contributed by atoms with Crippen LogP contribution in [0.1, 0.15) is 31.4 Å². The van der Waals surface area contributed by atoms with Gasteiger partial charge in [0.1, 0.15) is 5.82 Å². The first kappa shape index (κ1) is 15.3. The lowest BCUT2D eigenvalue weighted by Crippen LogP contribution is -2.38. The fraction of sp³-hybridized carbons (Fsp3) is 0.625. The minimum Gasteiger partial charge on any atom is -0.384 e. The Bertz CT molecular complexity index is 436. The predicted octanol–water partition coefficient (Wildman–Crippen LogP) is 2.97. The zero-order chi connectivity index (χ0) is 14.5. The molecule has 1 aliphatic rings. The maximum Gasteiger partial charge on any atom is 0.146 e. The van der Waals surface area contributed by atoms with Gasteiger partial charge in [0.2, 0.25) is 0 Å². The van der Waals surface area contributed by atoms with Crippen LogP contribution in [0.4, 0.5) is 10.1 Å². The monoisotopic (exact) mass is 280 g/mol. The molecular weight excluding hydrogens is 255 g/mol. The summed E-state index contributed by atoms with van der Waals surface area (Å²) in [7, 11) is 3.64. The zero-order valence-electron chi connectivity index (χ0n) is 12.7. The number of nitrogens with zero attached hydrogens (tertiary/aromatic N) is 1. The van der Waals surface area contributed by atoms with Crippen LogP contribution in [0.2, 0.25) is 0 Å². The first-order chi connectivity index (χ1) is 9.67. The molecule has 0 aliphatic carbocycles. The quantitative estimate of drug-likeness (QED) is 0.897.